The number of carbonyl (C=O) groups is 1. The van der Waals surface area contributed by atoms with Crippen LogP contribution in [0.5, 0.6) is 0 Å². The quantitative estimate of drug-likeness (QED) is 0.608. The lowest BCUT2D eigenvalue weighted by molar-refractivity contribution is -0.148. The fraction of sp³-hybridized carbons (Fsp3) is 0.900. The van der Waals surface area contributed by atoms with E-state index in [1.165, 1.54) is 12.8 Å². The van der Waals surface area contributed by atoms with Crippen molar-refractivity contribution in [2.24, 2.45) is 11.1 Å². The summed E-state index contributed by atoms with van der Waals surface area (Å²) in [5.74, 6) is 0.153. The van der Waals surface area contributed by atoms with Crippen LogP contribution in [0.3, 0.4) is 0 Å². The highest BCUT2D eigenvalue weighted by Gasteiger charge is 2.46. The second kappa shape index (κ2) is 2.71. The summed E-state index contributed by atoms with van der Waals surface area (Å²) in [4.78, 5) is 13.4. The molecule has 2 aliphatic rings. The molecule has 1 aliphatic heterocycles. The largest absolute Gasteiger partial charge is 0.336 e. The molecule has 0 aromatic heterocycles. The first kappa shape index (κ1) is 9.00. The van der Waals surface area contributed by atoms with Crippen LogP contribution < -0.4 is 5.73 Å². The molecule has 2 rings (SSSR count). The lowest BCUT2D eigenvalue weighted by atomic mass is 9.84. The Hall–Kier alpha value is -0.570. The number of hydrogen-bond donors (Lipinski definition) is 1. The number of amides is 1. The highest BCUT2D eigenvalue weighted by molar-refractivity contribution is 5.88. The van der Waals surface area contributed by atoms with Gasteiger partial charge in [0.1, 0.15) is 6.04 Å². The van der Waals surface area contributed by atoms with Gasteiger partial charge in [0.05, 0.1) is 0 Å². The summed E-state index contributed by atoms with van der Waals surface area (Å²) in [5, 5.41) is 0. The molecule has 74 valence electrons. The maximum atomic E-state index is 11.4. The molecule has 2 unspecified atom stereocenters. The molecular weight excluding hydrogens is 164 g/mol. The van der Waals surface area contributed by atoms with Gasteiger partial charge in [-0.1, -0.05) is 20.3 Å². The van der Waals surface area contributed by atoms with E-state index in [-0.39, 0.29) is 11.9 Å². The van der Waals surface area contributed by atoms with E-state index in [9.17, 15) is 4.79 Å². The van der Waals surface area contributed by atoms with Crippen LogP contribution in [0.25, 0.3) is 0 Å². The number of likely N-dealkylation sites (tertiary alicyclic amines) is 1. The lowest BCUT2D eigenvalue weighted by Gasteiger charge is -2.45. The van der Waals surface area contributed by atoms with Gasteiger partial charge in [0.25, 0.3) is 0 Å². The van der Waals surface area contributed by atoms with Crippen molar-refractivity contribution >= 4 is 5.91 Å². The number of β-lactam (4-membered cyclic amide) rings is 1. The lowest BCUT2D eigenvalue weighted by Crippen LogP contribution is -2.65. The van der Waals surface area contributed by atoms with Gasteiger partial charge in [-0.15, -0.1) is 0 Å². The molecule has 13 heavy (non-hydrogen) atoms. The highest BCUT2D eigenvalue weighted by Crippen LogP contribution is 2.41. The molecule has 1 saturated carbocycles. The first-order valence-electron chi connectivity index (χ1n) is 5.08. The van der Waals surface area contributed by atoms with E-state index in [1.807, 2.05) is 4.90 Å². The summed E-state index contributed by atoms with van der Waals surface area (Å²) in [5.41, 5.74) is 5.88. The third kappa shape index (κ3) is 1.26. The normalized spacial score (nSPS) is 37.8. The molecule has 0 spiro atoms. The van der Waals surface area contributed by atoms with E-state index in [1.54, 1.807) is 0 Å². The molecule has 0 radical (unpaired) electrons. The smallest absolute Gasteiger partial charge is 0.241 e. The van der Waals surface area contributed by atoms with Crippen LogP contribution in [0.15, 0.2) is 0 Å². The zero-order valence-corrected chi connectivity index (χ0v) is 8.42. The number of rotatable bonds is 1. The van der Waals surface area contributed by atoms with Gasteiger partial charge in [0.2, 0.25) is 5.91 Å². The molecular formula is C10H18N2O. The van der Waals surface area contributed by atoms with Crippen molar-refractivity contribution in [3.63, 3.8) is 0 Å². The predicted octanol–water partition coefficient (Wildman–Crippen LogP) is 0.735. The molecule has 1 saturated heterocycles. The Kier molecular flexibility index (Phi) is 1.88. The van der Waals surface area contributed by atoms with Gasteiger partial charge in [-0.25, -0.2) is 0 Å². The fourth-order valence-electron chi connectivity index (χ4n) is 2.65. The van der Waals surface area contributed by atoms with Gasteiger partial charge in [0, 0.05) is 12.6 Å². The minimum absolute atomic E-state index is 0.153. The van der Waals surface area contributed by atoms with Crippen molar-refractivity contribution in [2.45, 2.75) is 45.2 Å². The van der Waals surface area contributed by atoms with Gasteiger partial charge in [-0.05, 0) is 18.3 Å². The Balaban J connectivity index is 2.06. The van der Waals surface area contributed by atoms with Gasteiger partial charge in [0.15, 0.2) is 0 Å². The zero-order valence-electron chi connectivity index (χ0n) is 8.42. The van der Waals surface area contributed by atoms with Crippen molar-refractivity contribution in [2.75, 3.05) is 6.54 Å². The zero-order chi connectivity index (χ0) is 9.64. The number of carbonyl (C=O) groups excluding carboxylic acids is 1. The van der Waals surface area contributed by atoms with Crippen LogP contribution in [0.1, 0.15) is 33.1 Å². The minimum Gasteiger partial charge on any atom is -0.336 e. The summed E-state index contributed by atoms with van der Waals surface area (Å²) in [6.07, 6.45) is 3.64. The van der Waals surface area contributed by atoms with E-state index >= 15 is 0 Å². The van der Waals surface area contributed by atoms with Gasteiger partial charge in [-0.3, -0.25) is 4.79 Å². The monoisotopic (exact) mass is 182 g/mol. The van der Waals surface area contributed by atoms with Crippen LogP contribution in [0, 0.1) is 5.41 Å². The van der Waals surface area contributed by atoms with Crippen molar-refractivity contribution in [1.29, 1.82) is 0 Å². The molecule has 1 heterocycles. The molecule has 2 fully saturated rings. The summed E-state index contributed by atoms with van der Waals surface area (Å²) in [6.45, 7) is 5.27. The van der Waals surface area contributed by atoms with E-state index in [0.717, 1.165) is 13.0 Å². The minimum atomic E-state index is -0.212. The molecule has 3 heteroatoms. The van der Waals surface area contributed by atoms with Crippen LogP contribution in [-0.4, -0.2) is 29.4 Å². The van der Waals surface area contributed by atoms with Crippen molar-refractivity contribution < 1.29 is 4.79 Å². The van der Waals surface area contributed by atoms with E-state index in [4.69, 9.17) is 5.73 Å². The highest BCUT2D eigenvalue weighted by atomic mass is 16.2. The molecule has 2 atom stereocenters. The van der Waals surface area contributed by atoms with Gasteiger partial charge < -0.3 is 10.6 Å². The first-order valence-corrected chi connectivity index (χ1v) is 5.08. The molecule has 1 aliphatic carbocycles. The Morgan fingerprint density at radius 3 is 2.62 bits per heavy atom. The third-order valence-corrected chi connectivity index (χ3v) is 3.57. The van der Waals surface area contributed by atoms with Crippen LogP contribution in [-0.2, 0) is 4.79 Å². The second-order valence-corrected chi connectivity index (χ2v) is 4.99. The second-order valence-electron chi connectivity index (χ2n) is 4.99. The maximum Gasteiger partial charge on any atom is 0.241 e. The molecule has 3 nitrogen and oxygen atoms in total. The summed E-state index contributed by atoms with van der Waals surface area (Å²) < 4.78 is 0. The fourth-order valence-corrected chi connectivity index (χ4v) is 2.65. The number of nitrogens with zero attached hydrogens (tertiary/aromatic N) is 1. The average molecular weight is 182 g/mol. The van der Waals surface area contributed by atoms with Crippen molar-refractivity contribution in [1.82, 2.24) is 4.90 Å². The predicted molar refractivity (Wildman–Crippen MR) is 51.1 cm³/mol. The van der Waals surface area contributed by atoms with Crippen LogP contribution in [0.4, 0.5) is 0 Å². The number of hydrogen-bond acceptors (Lipinski definition) is 2. The van der Waals surface area contributed by atoms with E-state index in [0.29, 0.717) is 11.5 Å². The first-order chi connectivity index (χ1) is 6.02. The summed E-state index contributed by atoms with van der Waals surface area (Å²) in [6, 6.07) is 0.233. The Bertz CT molecular complexity index is 237. The van der Waals surface area contributed by atoms with Crippen LogP contribution >= 0.6 is 0 Å². The summed E-state index contributed by atoms with van der Waals surface area (Å²) in [7, 11) is 0. The molecule has 0 bridgehead atoms. The summed E-state index contributed by atoms with van der Waals surface area (Å²) >= 11 is 0. The Morgan fingerprint density at radius 2 is 2.23 bits per heavy atom. The van der Waals surface area contributed by atoms with Gasteiger partial charge in [-0.2, -0.15) is 0 Å². The maximum absolute atomic E-state index is 11.4. The van der Waals surface area contributed by atoms with Crippen LogP contribution in [0.2, 0.25) is 0 Å². The Morgan fingerprint density at radius 1 is 1.54 bits per heavy atom. The van der Waals surface area contributed by atoms with Gasteiger partial charge >= 0.3 is 0 Å². The van der Waals surface area contributed by atoms with Crippen molar-refractivity contribution in [3.8, 4) is 0 Å². The van der Waals surface area contributed by atoms with Crippen molar-refractivity contribution in [3.05, 3.63) is 0 Å². The molecule has 2 N–H and O–H groups in total. The average Bonchev–Trinajstić information content (AvgIpc) is 2.40. The Labute approximate surface area is 79.3 Å². The number of nitrogens with two attached hydrogens (primary N) is 1. The molecule has 1 amide bonds. The van der Waals surface area contributed by atoms with E-state index < -0.39 is 0 Å². The molecule has 0 aromatic carbocycles. The topological polar surface area (TPSA) is 46.3 Å². The standard InChI is InChI=1S/C10H18N2O/c1-10(2)5-3-4-8(10)12-6-7(11)9(12)13/h7-8H,3-6,11H2,1-2H3. The third-order valence-electron chi connectivity index (χ3n) is 3.57. The molecule has 0 aromatic rings. The van der Waals surface area contributed by atoms with E-state index in [2.05, 4.69) is 13.8 Å². The SMILES string of the molecule is CC1(C)CCCC1N1CC(N)C1=O.